The Hall–Kier alpha value is 0.470. The van der Waals surface area contributed by atoms with E-state index in [0.29, 0.717) is 13.0 Å². The molecule has 0 amide bonds. The maximum Gasteiger partial charge on any atom is 0.305 e. The fourth-order valence-corrected chi connectivity index (χ4v) is 0.492. The van der Waals surface area contributed by atoms with Crippen LogP contribution in [0.4, 0.5) is 0 Å². The van der Waals surface area contributed by atoms with E-state index in [1.165, 1.54) is 0 Å². The molecule has 0 N–H and O–H groups in total. The molecule has 0 aromatic rings. The van der Waals surface area contributed by atoms with Gasteiger partial charge in [-0.05, 0) is 12.8 Å². The first-order valence-corrected chi connectivity index (χ1v) is 3.46. The average Bonchev–Trinajstić information content (AvgIpc) is 1.85. The molecule has 55 valence electrons. The van der Waals surface area contributed by atoms with Crippen LogP contribution < -0.4 is 0 Å². The van der Waals surface area contributed by atoms with Crippen molar-refractivity contribution in [1.29, 1.82) is 0 Å². The van der Waals surface area contributed by atoms with Crippen molar-refractivity contribution in [3.05, 3.63) is 0 Å². The Kier molecular flexibility index (Phi) is 12.4. The van der Waals surface area contributed by atoms with Gasteiger partial charge in [0.25, 0.3) is 0 Å². The number of carbonyl (C=O) groups is 1. The summed E-state index contributed by atoms with van der Waals surface area (Å²) in [4.78, 5) is 10.6. The molecule has 0 saturated carbocycles. The van der Waals surface area contributed by atoms with Gasteiger partial charge in [-0.3, -0.25) is 4.79 Å². The number of rotatable bonds is 4. The molecule has 3 heteroatoms. The molecule has 0 aliphatic rings. The van der Waals surface area contributed by atoms with E-state index in [1.54, 1.807) is 0 Å². The zero-order valence-electron chi connectivity index (χ0n) is 7.14. The molecule has 0 rings (SSSR count). The summed E-state index contributed by atoms with van der Waals surface area (Å²) in [7, 11) is 0. The summed E-state index contributed by atoms with van der Waals surface area (Å²) in [6, 6.07) is 0. The monoisotopic (exact) mass is 153 g/mol. The molecule has 0 heterocycles. The van der Waals surface area contributed by atoms with E-state index in [2.05, 4.69) is 0 Å². The first-order valence-electron chi connectivity index (χ1n) is 3.46. The van der Waals surface area contributed by atoms with Crippen molar-refractivity contribution in [3.63, 3.8) is 0 Å². The van der Waals surface area contributed by atoms with E-state index < -0.39 is 0 Å². The number of ether oxygens (including phenoxy) is 1. The van der Waals surface area contributed by atoms with Crippen molar-refractivity contribution in [2.75, 3.05) is 6.61 Å². The van der Waals surface area contributed by atoms with Gasteiger partial charge in [-0.2, -0.15) is 0 Å². The van der Waals surface area contributed by atoms with Crippen LogP contribution >= 0.6 is 0 Å². The van der Waals surface area contributed by atoms with Crippen molar-refractivity contribution < 1.29 is 9.53 Å². The fourth-order valence-electron chi connectivity index (χ4n) is 0.492. The molecule has 0 bridgehead atoms. The molecule has 0 aromatic heterocycles. The van der Waals surface area contributed by atoms with Crippen LogP contribution in [0.1, 0.15) is 33.1 Å². The van der Waals surface area contributed by atoms with Crippen LogP contribution in [0, 0.1) is 0 Å². The summed E-state index contributed by atoms with van der Waals surface area (Å²) >= 11 is 0. The summed E-state index contributed by atoms with van der Waals surface area (Å²) in [6.45, 7) is 4.52. The molecule has 0 aliphatic carbocycles. The third-order valence-corrected chi connectivity index (χ3v) is 0.921. The van der Waals surface area contributed by atoms with Gasteiger partial charge in [0.2, 0.25) is 0 Å². The summed E-state index contributed by atoms with van der Waals surface area (Å²) in [5, 5.41) is 0. The Morgan fingerprint density at radius 2 is 1.90 bits per heavy atom. The Balaban J connectivity index is 0. The predicted octanol–water partition coefficient (Wildman–Crippen LogP) is 1.36. The van der Waals surface area contributed by atoms with Gasteiger partial charge in [0.1, 0.15) is 0 Å². The van der Waals surface area contributed by atoms with Gasteiger partial charge in [-0.15, -0.1) is 0 Å². The van der Waals surface area contributed by atoms with Crippen LogP contribution in [0.5, 0.6) is 0 Å². The Morgan fingerprint density at radius 1 is 1.30 bits per heavy atom. The molecule has 0 spiro atoms. The summed E-state index contributed by atoms with van der Waals surface area (Å²) in [5.74, 6) is -0.0700. The molecule has 0 aliphatic heterocycles. The molecule has 0 unspecified atom stereocenters. The number of hydrogen-bond acceptors (Lipinski definition) is 2. The third-order valence-electron chi connectivity index (χ3n) is 0.921. The second-order valence-corrected chi connectivity index (χ2v) is 1.97. The average molecular weight is 153 g/mol. The molecular weight excluding hydrogens is 139 g/mol. The standard InChI is InChI=1S/C7H14O2.Na/c1-3-5-7(8)9-6-4-2;/h3-6H2,1-2H3;. The van der Waals surface area contributed by atoms with Gasteiger partial charge in [0.05, 0.1) is 6.61 Å². The van der Waals surface area contributed by atoms with Gasteiger partial charge in [-0.25, -0.2) is 0 Å². The molecule has 2 nitrogen and oxygen atoms in total. The Bertz CT molecular complexity index is 83.7. The molecular formula is C7H14NaO2. The van der Waals surface area contributed by atoms with Gasteiger partial charge >= 0.3 is 5.97 Å². The third kappa shape index (κ3) is 8.47. The van der Waals surface area contributed by atoms with Crippen LogP contribution in [-0.4, -0.2) is 42.1 Å². The molecule has 0 aromatic carbocycles. The number of hydrogen-bond donors (Lipinski definition) is 0. The molecule has 1 radical (unpaired) electrons. The smallest absolute Gasteiger partial charge is 0.305 e. The predicted molar refractivity (Wildman–Crippen MR) is 41.9 cm³/mol. The van der Waals surface area contributed by atoms with Crippen molar-refractivity contribution >= 4 is 35.5 Å². The fraction of sp³-hybridized carbons (Fsp3) is 0.857. The van der Waals surface area contributed by atoms with Crippen molar-refractivity contribution in [2.24, 2.45) is 0 Å². The second-order valence-electron chi connectivity index (χ2n) is 1.97. The first kappa shape index (κ1) is 13.1. The van der Waals surface area contributed by atoms with E-state index in [0.717, 1.165) is 12.8 Å². The van der Waals surface area contributed by atoms with Crippen LogP contribution in [-0.2, 0) is 9.53 Å². The van der Waals surface area contributed by atoms with Gasteiger partial charge in [0.15, 0.2) is 0 Å². The zero-order valence-corrected chi connectivity index (χ0v) is 9.14. The summed E-state index contributed by atoms with van der Waals surface area (Å²) in [6.07, 6.45) is 2.35. The summed E-state index contributed by atoms with van der Waals surface area (Å²) < 4.78 is 4.79. The van der Waals surface area contributed by atoms with Crippen LogP contribution in [0.2, 0.25) is 0 Å². The van der Waals surface area contributed by atoms with Crippen LogP contribution in [0.15, 0.2) is 0 Å². The Morgan fingerprint density at radius 3 is 2.30 bits per heavy atom. The molecule has 10 heavy (non-hydrogen) atoms. The Labute approximate surface area is 84.6 Å². The van der Waals surface area contributed by atoms with E-state index in [-0.39, 0.29) is 35.5 Å². The van der Waals surface area contributed by atoms with Crippen molar-refractivity contribution in [3.8, 4) is 0 Å². The van der Waals surface area contributed by atoms with Gasteiger partial charge in [0, 0.05) is 36.0 Å². The molecule has 0 atom stereocenters. The SMILES string of the molecule is CCCOC(=O)CCC.[Na]. The van der Waals surface area contributed by atoms with E-state index >= 15 is 0 Å². The largest absolute Gasteiger partial charge is 0.466 e. The maximum atomic E-state index is 10.6. The van der Waals surface area contributed by atoms with Crippen molar-refractivity contribution in [2.45, 2.75) is 33.1 Å². The van der Waals surface area contributed by atoms with E-state index in [4.69, 9.17) is 4.74 Å². The number of esters is 1. The topological polar surface area (TPSA) is 26.3 Å². The molecule has 0 saturated heterocycles. The van der Waals surface area contributed by atoms with E-state index in [1.807, 2.05) is 13.8 Å². The normalized spacial score (nSPS) is 8.20. The van der Waals surface area contributed by atoms with Gasteiger partial charge in [-0.1, -0.05) is 13.8 Å². The zero-order chi connectivity index (χ0) is 7.11. The van der Waals surface area contributed by atoms with E-state index in [9.17, 15) is 4.79 Å². The van der Waals surface area contributed by atoms with Crippen LogP contribution in [0.25, 0.3) is 0 Å². The minimum absolute atomic E-state index is 0. The molecule has 0 fully saturated rings. The second kappa shape index (κ2) is 9.47. The van der Waals surface area contributed by atoms with Gasteiger partial charge < -0.3 is 4.74 Å². The summed E-state index contributed by atoms with van der Waals surface area (Å²) in [5.41, 5.74) is 0. The first-order chi connectivity index (χ1) is 4.31. The van der Waals surface area contributed by atoms with Crippen LogP contribution in [0.3, 0.4) is 0 Å². The quantitative estimate of drug-likeness (QED) is 0.450. The minimum Gasteiger partial charge on any atom is -0.466 e. The maximum absolute atomic E-state index is 10.6. The minimum atomic E-state index is -0.0700. The van der Waals surface area contributed by atoms with Crippen molar-refractivity contribution in [1.82, 2.24) is 0 Å². The number of carbonyl (C=O) groups excluding carboxylic acids is 1.